The van der Waals surface area contributed by atoms with Crippen molar-refractivity contribution in [2.24, 2.45) is 0 Å². The minimum atomic E-state index is 0.408. The normalized spacial score (nSPS) is 13.0. The average Bonchev–Trinajstić information content (AvgIpc) is 2.04. The van der Waals surface area contributed by atoms with Gasteiger partial charge in [0.15, 0.2) is 0 Å². The maximum atomic E-state index is 3.50. The van der Waals surface area contributed by atoms with Crippen LogP contribution < -0.4 is 5.32 Å². The number of hydrogen-bond acceptors (Lipinski definition) is 1. The smallest absolute Gasteiger partial charge is 0.0300 e. The van der Waals surface area contributed by atoms with Gasteiger partial charge in [-0.05, 0) is 25.6 Å². The van der Waals surface area contributed by atoms with Gasteiger partial charge >= 0.3 is 0 Å². The molecule has 1 rings (SSSR count). The standard InChI is InChI=1S/C9H12BrN/c1-7(11-2)8-5-3-4-6-9(8)10/h3-7,11H,1-2H3. The number of nitrogens with one attached hydrogen (secondary N) is 1. The molecule has 1 aromatic carbocycles. The number of hydrogen-bond donors (Lipinski definition) is 1. The molecule has 0 spiro atoms. The lowest BCUT2D eigenvalue weighted by Crippen LogP contribution is -2.12. The van der Waals surface area contributed by atoms with Crippen LogP contribution in [0.5, 0.6) is 0 Å². The van der Waals surface area contributed by atoms with Crippen molar-refractivity contribution in [1.29, 1.82) is 0 Å². The summed E-state index contributed by atoms with van der Waals surface area (Å²) in [5.41, 5.74) is 1.30. The van der Waals surface area contributed by atoms with Gasteiger partial charge in [-0.1, -0.05) is 34.1 Å². The Hall–Kier alpha value is -0.340. The summed E-state index contributed by atoms with van der Waals surface area (Å²) in [5.74, 6) is 0. The van der Waals surface area contributed by atoms with E-state index in [1.165, 1.54) is 10.0 Å². The van der Waals surface area contributed by atoms with Crippen molar-refractivity contribution < 1.29 is 0 Å². The first-order valence-corrected chi connectivity index (χ1v) is 4.46. The number of rotatable bonds is 2. The van der Waals surface area contributed by atoms with Crippen LogP contribution in [0.1, 0.15) is 18.5 Å². The Morgan fingerprint density at radius 2 is 2.00 bits per heavy atom. The van der Waals surface area contributed by atoms with Gasteiger partial charge in [-0.25, -0.2) is 0 Å². The molecule has 0 amide bonds. The molecule has 0 aliphatic rings. The van der Waals surface area contributed by atoms with E-state index in [9.17, 15) is 0 Å². The SMILES string of the molecule is CNC(C)c1ccccc1Br. The van der Waals surface area contributed by atoms with Crippen molar-refractivity contribution in [3.63, 3.8) is 0 Å². The molecule has 11 heavy (non-hydrogen) atoms. The zero-order chi connectivity index (χ0) is 8.27. The van der Waals surface area contributed by atoms with E-state index in [-0.39, 0.29) is 0 Å². The highest BCUT2D eigenvalue weighted by Gasteiger charge is 2.04. The van der Waals surface area contributed by atoms with Crippen LogP contribution in [-0.4, -0.2) is 7.05 Å². The highest BCUT2D eigenvalue weighted by atomic mass is 79.9. The molecule has 0 aromatic heterocycles. The van der Waals surface area contributed by atoms with E-state index in [0.29, 0.717) is 6.04 Å². The van der Waals surface area contributed by atoms with Crippen LogP contribution in [0.4, 0.5) is 0 Å². The molecule has 0 aliphatic heterocycles. The Balaban J connectivity index is 2.93. The lowest BCUT2D eigenvalue weighted by atomic mass is 10.1. The highest BCUT2D eigenvalue weighted by Crippen LogP contribution is 2.21. The van der Waals surface area contributed by atoms with Crippen LogP contribution in [0.2, 0.25) is 0 Å². The van der Waals surface area contributed by atoms with Gasteiger partial charge in [0.05, 0.1) is 0 Å². The van der Waals surface area contributed by atoms with Crippen molar-refractivity contribution in [3.8, 4) is 0 Å². The second-order valence-corrected chi connectivity index (χ2v) is 3.39. The monoisotopic (exact) mass is 213 g/mol. The van der Waals surface area contributed by atoms with Crippen LogP contribution in [0.15, 0.2) is 28.7 Å². The Morgan fingerprint density at radius 3 is 2.55 bits per heavy atom. The molecule has 0 aliphatic carbocycles. The Labute approximate surface area is 75.9 Å². The fourth-order valence-electron chi connectivity index (χ4n) is 0.982. The first kappa shape index (κ1) is 8.75. The van der Waals surface area contributed by atoms with E-state index in [0.717, 1.165) is 0 Å². The van der Waals surface area contributed by atoms with Crippen molar-refractivity contribution >= 4 is 15.9 Å². The van der Waals surface area contributed by atoms with Gasteiger partial charge in [-0.2, -0.15) is 0 Å². The van der Waals surface area contributed by atoms with Gasteiger partial charge in [-0.3, -0.25) is 0 Å². The van der Waals surface area contributed by atoms with Crippen LogP contribution in [0.25, 0.3) is 0 Å². The van der Waals surface area contributed by atoms with Gasteiger partial charge in [-0.15, -0.1) is 0 Å². The summed E-state index contributed by atoms with van der Waals surface area (Å²) in [6.45, 7) is 2.14. The first-order valence-electron chi connectivity index (χ1n) is 3.67. The fourth-order valence-corrected chi connectivity index (χ4v) is 1.61. The van der Waals surface area contributed by atoms with Gasteiger partial charge < -0.3 is 5.32 Å². The van der Waals surface area contributed by atoms with Gasteiger partial charge in [0.2, 0.25) is 0 Å². The third kappa shape index (κ3) is 2.04. The quantitative estimate of drug-likeness (QED) is 0.798. The third-order valence-electron chi connectivity index (χ3n) is 1.80. The van der Waals surface area contributed by atoms with E-state index in [1.54, 1.807) is 0 Å². The van der Waals surface area contributed by atoms with E-state index >= 15 is 0 Å². The van der Waals surface area contributed by atoms with Crippen molar-refractivity contribution in [2.45, 2.75) is 13.0 Å². The predicted octanol–water partition coefficient (Wildman–Crippen LogP) is 2.73. The molecule has 60 valence electrons. The van der Waals surface area contributed by atoms with Crippen molar-refractivity contribution in [3.05, 3.63) is 34.3 Å². The molecular weight excluding hydrogens is 202 g/mol. The van der Waals surface area contributed by atoms with E-state index in [2.05, 4.69) is 40.3 Å². The zero-order valence-corrected chi connectivity index (χ0v) is 8.35. The maximum absolute atomic E-state index is 3.50. The molecule has 1 aromatic rings. The molecule has 0 heterocycles. The molecule has 2 heteroatoms. The molecule has 0 saturated heterocycles. The summed E-state index contributed by atoms with van der Waals surface area (Å²) < 4.78 is 1.17. The lowest BCUT2D eigenvalue weighted by molar-refractivity contribution is 0.649. The van der Waals surface area contributed by atoms with Crippen LogP contribution in [0, 0.1) is 0 Å². The minimum Gasteiger partial charge on any atom is -0.313 e. The Kier molecular flexibility index (Phi) is 3.09. The van der Waals surface area contributed by atoms with E-state index in [4.69, 9.17) is 0 Å². The third-order valence-corrected chi connectivity index (χ3v) is 2.53. The van der Waals surface area contributed by atoms with Gasteiger partial charge in [0.25, 0.3) is 0 Å². The number of benzene rings is 1. The summed E-state index contributed by atoms with van der Waals surface area (Å²) in [4.78, 5) is 0. The molecule has 1 N–H and O–H groups in total. The van der Waals surface area contributed by atoms with Crippen LogP contribution >= 0.6 is 15.9 Å². The van der Waals surface area contributed by atoms with Crippen molar-refractivity contribution in [1.82, 2.24) is 5.32 Å². The minimum absolute atomic E-state index is 0.408. The molecule has 0 saturated carbocycles. The second kappa shape index (κ2) is 3.88. The van der Waals surface area contributed by atoms with Gasteiger partial charge in [0.1, 0.15) is 0 Å². The number of halogens is 1. The van der Waals surface area contributed by atoms with Gasteiger partial charge in [0, 0.05) is 10.5 Å². The highest BCUT2D eigenvalue weighted by molar-refractivity contribution is 9.10. The topological polar surface area (TPSA) is 12.0 Å². The predicted molar refractivity (Wildman–Crippen MR) is 51.6 cm³/mol. The average molecular weight is 214 g/mol. The first-order chi connectivity index (χ1) is 5.25. The molecule has 0 radical (unpaired) electrons. The second-order valence-electron chi connectivity index (χ2n) is 2.53. The van der Waals surface area contributed by atoms with E-state index in [1.807, 2.05) is 19.2 Å². The molecule has 0 bridgehead atoms. The summed E-state index contributed by atoms with van der Waals surface area (Å²) in [6.07, 6.45) is 0. The van der Waals surface area contributed by atoms with Crippen LogP contribution in [-0.2, 0) is 0 Å². The summed E-state index contributed by atoms with van der Waals surface area (Å²) >= 11 is 3.50. The Bertz CT molecular complexity index is 235. The largest absolute Gasteiger partial charge is 0.313 e. The summed E-state index contributed by atoms with van der Waals surface area (Å²) in [5, 5.41) is 3.19. The molecule has 1 atom stereocenters. The Morgan fingerprint density at radius 1 is 1.36 bits per heavy atom. The fraction of sp³-hybridized carbons (Fsp3) is 0.333. The molecule has 0 fully saturated rings. The van der Waals surface area contributed by atoms with Crippen molar-refractivity contribution in [2.75, 3.05) is 7.05 Å². The maximum Gasteiger partial charge on any atom is 0.0300 e. The summed E-state index contributed by atoms with van der Waals surface area (Å²) in [6, 6.07) is 8.66. The summed E-state index contributed by atoms with van der Waals surface area (Å²) in [7, 11) is 1.96. The zero-order valence-electron chi connectivity index (χ0n) is 6.76. The lowest BCUT2D eigenvalue weighted by Gasteiger charge is -2.11. The molecule has 1 nitrogen and oxygen atoms in total. The molecule has 1 unspecified atom stereocenters. The van der Waals surface area contributed by atoms with Crippen LogP contribution in [0.3, 0.4) is 0 Å². The molecular formula is C9H12BrN. The van der Waals surface area contributed by atoms with E-state index < -0.39 is 0 Å².